The predicted octanol–water partition coefficient (Wildman–Crippen LogP) is 1.76. The number of rotatable bonds is 2. The van der Waals surface area contributed by atoms with Crippen LogP contribution < -0.4 is 5.32 Å². The van der Waals surface area contributed by atoms with Crippen LogP contribution in [0.5, 0.6) is 0 Å². The minimum absolute atomic E-state index is 0.154. The summed E-state index contributed by atoms with van der Waals surface area (Å²) < 4.78 is 5.53. The molecule has 1 N–H and O–H groups in total. The van der Waals surface area contributed by atoms with Crippen LogP contribution in [0.15, 0.2) is 24.3 Å². The van der Waals surface area contributed by atoms with E-state index in [0.717, 1.165) is 31.5 Å². The summed E-state index contributed by atoms with van der Waals surface area (Å²) in [7, 11) is 1.74. The molecule has 21 heavy (non-hydrogen) atoms. The van der Waals surface area contributed by atoms with E-state index in [-0.39, 0.29) is 18.1 Å². The maximum absolute atomic E-state index is 12.9. The number of amides is 1. The SMILES string of the molecule is COC1CN(C(=O)C2NCCc3ccccc32)CCC1C. The minimum Gasteiger partial charge on any atom is -0.379 e. The van der Waals surface area contributed by atoms with E-state index in [1.54, 1.807) is 7.11 Å². The average molecular weight is 288 g/mol. The number of hydrogen-bond donors (Lipinski definition) is 1. The van der Waals surface area contributed by atoms with E-state index in [1.807, 2.05) is 11.0 Å². The van der Waals surface area contributed by atoms with E-state index >= 15 is 0 Å². The molecular formula is C17H24N2O2. The number of carbonyl (C=O) groups is 1. The van der Waals surface area contributed by atoms with Gasteiger partial charge in [-0.05, 0) is 29.9 Å². The van der Waals surface area contributed by atoms with Crippen LogP contribution in [0.4, 0.5) is 0 Å². The van der Waals surface area contributed by atoms with Crippen LogP contribution in [0.3, 0.4) is 0 Å². The van der Waals surface area contributed by atoms with Crippen molar-refractivity contribution in [1.29, 1.82) is 0 Å². The molecule has 3 atom stereocenters. The first kappa shape index (κ1) is 14.5. The van der Waals surface area contributed by atoms with Crippen LogP contribution in [-0.2, 0) is 16.0 Å². The van der Waals surface area contributed by atoms with Crippen LogP contribution in [-0.4, -0.2) is 43.7 Å². The molecule has 4 heteroatoms. The van der Waals surface area contributed by atoms with Gasteiger partial charge in [0.25, 0.3) is 0 Å². The lowest BCUT2D eigenvalue weighted by molar-refractivity contribution is -0.138. The second kappa shape index (κ2) is 6.16. The zero-order valence-electron chi connectivity index (χ0n) is 12.8. The van der Waals surface area contributed by atoms with Gasteiger partial charge in [0.2, 0.25) is 5.91 Å². The van der Waals surface area contributed by atoms with Gasteiger partial charge in [0.15, 0.2) is 0 Å². The molecule has 0 radical (unpaired) electrons. The second-order valence-electron chi connectivity index (χ2n) is 6.16. The standard InChI is InChI=1S/C17H24N2O2/c1-12-8-10-19(11-15(12)21-2)17(20)16-14-6-4-3-5-13(14)7-9-18-16/h3-6,12,15-16,18H,7-11H2,1-2H3. The van der Waals surface area contributed by atoms with E-state index in [4.69, 9.17) is 4.74 Å². The van der Waals surface area contributed by atoms with Crippen LogP contribution in [0.2, 0.25) is 0 Å². The van der Waals surface area contributed by atoms with Gasteiger partial charge in [-0.2, -0.15) is 0 Å². The molecule has 1 fully saturated rings. The highest BCUT2D eigenvalue weighted by molar-refractivity contribution is 5.84. The highest BCUT2D eigenvalue weighted by Crippen LogP contribution is 2.27. The molecule has 1 amide bonds. The second-order valence-corrected chi connectivity index (χ2v) is 6.16. The van der Waals surface area contributed by atoms with E-state index in [1.165, 1.54) is 5.56 Å². The number of carbonyl (C=O) groups excluding carboxylic acids is 1. The van der Waals surface area contributed by atoms with Crippen LogP contribution in [0.1, 0.15) is 30.5 Å². The van der Waals surface area contributed by atoms with Crippen molar-refractivity contribution in [1.82, 2.24) is 10.2 Å². The molecule has 1 saturated heterocycles. The molecule has 1 aromatic rings. The van der Waals surface area contributed by atoms with Gasteiger partial charge < -0.3 is 15.0 Å². The third-order valence-corrected chi connectivity index (χ3v) is 4.86. The fourth-order valence-corrected chi connectivity index (χ4v) is 3.45. The van der Waals surface area contributed by atoms with E-state index in [2.05, 4.69) is 30.4 Å². The number of methoxy groups -OCH3 is 1. The van der Waals surface area contributed by atoms with Gasteiger partial charge in [-0.3, -0.25) is 4.79 Å². The number of benzene rings is 1. The lowest BCUT2D eigenvalue weighted by atomic mass is 9.91. The van der Waals surface area contributed by atoms with Crippen LogP contribution >= 0.6 is 0 Å². The topological polar surface area (TPSA) is 41.6 Å². The lowest BCUT2D eigenvalue weighted by Gasteiger charge is -2.39. The van der Waals surface area contributed by atoms with Crippen molar-refractivity contribution in [2.24, 2.45) is 5.92 Å². The third-order valence-electron chi connectivity index (χ3n) is 4.86. The van der Waals surface area contributed by atoms with E-state index in [0.29, 0.717) is 12.5 Å². The molecule has 0 spiro atoms. The Balaban J connectivity index is 1.77. The van der Waals surface area contributed by atoms with Crippen molar-refractivity contribution in [3.63, 3.8) is 0 Å². The number of fused-ring (bicyclic) bond motifs is 1. The highest BCUT2D eigenvalue weighted by Gasteiger charge is 2.34. The minimum atomic E-state index is -0.194. The summed E-state index contributed by atoms with van der Waals surface area (Å²) >= 11 is 0. The first-order valence-electron chi connectivity index (χ1n) is 7.83. The van der Waals surface area contributed by atoms with Gasteiger partial charge >= 0.3 is 0 Å². The van der Waals surface area contributed by atoms with Crippen LogP contribution in [0, 0.1) is 5.92 Å². The Morgan fingerprint density at radius 3 is 3.00 bits per heavy atom. The van der Waals surface area contributed by atoms with Gasteiger partial charge in [0, 0.05) is 26.7 Å². The zero-order valence-corrected chi connectivity index (χ0v) is 12.8. The fourth-order valence-electron chi connectivity index (χ4n) is 3.45. The number of piperidine rings is 1. The van der Waals surface area contributed by atoms with Crippen LogP contribution in [0.25, 0.3) is 0 Å². The Morgan fingerprint density at radius 2 is 2.19 bits per heavy atom. The molecule has 1 aromatic carbocycles. The van der Waals surface area contributed by atoms with Crippen molar-refractivity contribution in [2.45, 2.75) is 31.9 Å². The van der Waals surface area contributed by atoms with Crippen molar-refractivity contribution in [3.8, 4) is 0 Å². The molecule has 0 saturated carbocycles. The van der Waals surface area contributed by atoms with Gasteiger partial charge in [-0.25, -0.2) is 0 Å². The molecular weight excluding hydrogens is 264 g/mol. The molecule has 2 aliphatic heterocycles. The Hall–Kier alpha value is -1.39. The lowest BCUT2D eigenvalue weighted by Crippen LogP contribution is -2.51. The maximum atomic E-state index is 12.9. The van der Waals surface area contributed by atoms with Gasteiger partial charge in [0.05, 0.1) is 6.10 Å². The normalized spacial score (nSPS) is 29.0. The van der Waals surface area contributed by atoms with Crippen molar-refractivity contribution >= 4 is 5.91 Å². The third kappa shape index (κ3) is 2.83. The summed E-state index contributed by atoms with van der Waals surface area (Å²) in [6.07, 6.45) is 2.16. The first-order chi connectivity index (χ1) is 10.2. The molecule has 0 bridgehead atoms. The summed E-state index contributed by atoms with van der Waals surface area (Å²) in [5, 5.41) is 3.38. The molecule has 114 valence electrons. The summed E-state index contributed by atoms with van der Waals surface area (Å²) in [6.45, 7) is 4.60. The molecule has 4 nitrogen and oxygen atoms in total. The summed E-state index contributed by atoms with van der Waals surface area (Å²) in [4.78, 5) is 14.9. The summed E-state index contributed by atoms with van der Waals surface area (Å²) in [6, 6.07) is 8.08. The summed E-state index contributed by atoms with van der Waals surface area (Å²) in [5.74, 6) is 0.710. The smallest absolute Gasteiger partial charge is 0.244 e. The van der Waals surface area contributed by atoms with Crippen molar-refractivity contribution in [2.75, 3.05) is 26.7 Å². The summed E-state index contributed by atoms with van der Waals surface area (Å²) in [5.41, 5.74) is 2.43. The van der Waals surface area contributed by atoms with Gasteiger partial charge in [0.1, 0.15) is 6.04 Å². The van der Waals surface area contributed by atoms with Gasteiger partial charge in [-0.15, -0.1) is 0 Å². The fraction of sp³-hybridized carbons (Fsp3) is 0.588. The van der Waals surface area contributed by atoms with E-state index in [9.17, 15) is 4.79 Å². The Bertz CT molecular complexity index is 517. The molecule has 0 aromatic heterocycles. The molecule has 3 rings (SSSR count). The number of hydrogen-bond acceptors (Lipinski definition) is 3. The monoisotopic (exact) mass is 288 g/mol. The van der Waals surface area contributed by atoms with Crippen molar-refractivity contribution in [3.05, 3.63) is 35.4 Å². The first-order valence-corrected chi connectivity index (χ1v) is 7.83. The quantitative estimate of drug-likeness (QED) is 0.901. The Labute approximate surface area is 126 Å². The zero-order chi connectivity index (χ0) is 14.8. The number of nitrogens with one attached hydrogen (secondary N) is 1. The van der Waals surface area contributed by atoms with E-state index < -0.39 is 0 Å². The largest absolute Gasteiger partial charge is 0.379 e. The highest BCUT2D eigenvalue weighted by atomic mass is 16.5. The number of likely N-dealkylation sites (tertiary alicyclic amines) is 1. The predicted molar refractivity (Wildman–Crippen MR) is 82.0 cm³/mol. The number of ether oxygens (including phenoxy) is 1. The molecule has 2 aliphatic rings. The molecule has 3 unspecified atom stereocenters. The number of nitrogens with zero attached hydrogens (tertiary/aromatic N) is 1. The van der Waals surface area contributed by atoms with Gasteiger partial charge in [-0.1, -0.05) is 31.2 Å². The average Bonchev–Trinajstić information content (AvgIpc) is 2.54. The molecule has 0 aliphatic carbocycles. The Kier molecular flexibility index (Phi) is 4.27. The maximum Gasteiger partial charge on any atom is 0.244 e. The molecule has 2 heterocycles. The Morgan fingerprint density at radius 1 is 1.38 bits per heavy atom. The van der Waals surface area contributed by atoms with Crippen molar-refractivity contribution < 1.29 is 9.53 Å².